The Balaban J connectivity index is 2.27. The fraction of sp³-hybridized carbons (Fsp3) is 0.438. The summed E-state index contributed by atoms with van der Waals surface area (Å²) >= 11 is 0. The highest BCUT2D eigenvalue weighted by Crippen LogP contribution is 2.27. The van der Waals surface area contributed by atoms with E-state index >= 15 is 0 Å². The average Bonchev–Trinajstić information content (AvgIpc) is 2.98. The zero-order chi connectivity index (χ0) is 14.5. The molecule has 0 aliphatic heterocycles. The second-order valence-electron chi connectivity index (χ2n) is 5.41. The number of nitrogens with zero attached hydrogens (tertiary/aromatic N) is 3. The van der Waals surface area contributed by atoms with E-state index in [1.54, 1.807) is 0 Å². The molecule has 0 spiro atoms. The predicted octanol–water partition coefficient (Wildman–Crippen LogP) is 2.64. The Morgan fingerprint density at radius 1 is 1.10 bits per heavy atom. The number of nitrogens with one attached hydrogen (secondary N) is 1. The topological polar surface area (TPSA) is 35.2 Å². The van der Waals surface area contributed by atoms with Gasteiger partial charge in [0.1, 0.15) is 0 Å². The summed E-state index contributed by atoms with van der Waals surface area (Å²) in [7, 11) is 6.38. The maximum atomic E-state index is 4.03. The first-order chi connectivity index (χ1) is 9.61. The molecular weight excluding hydrogens is 248 g/mol. The minimum atomic E-state index is 1.02. The van der Waals surface area contributed by atoms with Crippen molar-refractivity contribution in [2.24, 2.45) is 0 Å². The average molecular weight is 272 g/mol. The number of hydrogen-bond acceptors (Lipinski definition) is 3. The van der Waals surface area contributed by atoms with Crippen molar-refractivity contribution in [1.29, 1.82) is 0 Å². The van der Waals surface area contributed by atoms with Crippen LogP contribution in [0.2, 0.25) is 0 Å². The van der Waals surface area contributed by atoms with E-state index in [-0.39, 0.29) is 0 Å². The van der Waals surface area contributed by atoms with Gasteiger partial charge in [-0.1, -0.05) is 19.1 Å². The number of aromatic nitrogens is 2. The molecule has 0 aliphatic rings. The Labute approximate surface area is 121 Å². The van der Waals surface area contributed by atoms with Crippen LogP contribution in [0.1, 0.15) is 12.5 Å². The molecule has 2 aromatic rings. The minimum Gasteiger partial charge on any atom is -0.373 e. The van der Waals surface area contributed by atoms with Crippen LogP contribution >= 0.6 is 0 Å². The van der Waals surface area contributed by atoms with Crippen LogP contribution in [-0.4, -0.2) is 49.3 Å². The summed E-state index contributed by atoms with van der Waals surface area (Å²) in [5, 5.41) is 6.91. The number of likely N-dealkylation sites (N-methyl/N-ethyl adjacent to an activating group) is 2. The van der Waals surface area contributed by atoms with Gasteiger partial charge in [-0.25, -0.2) is 0 Å². The molecule has 0 atom stereocenters. The number of rotatable bonds is 6. The molecule has 4 heteroatoms. The van der Waals surface area contributed by atoms with E-state index in [1.807, 2.05) is 12.4 Å². The number of aryl methyl sites for hydroxylation is 1. The van der Waals surface area contributed by atoms with Crippen molar-refractivity contribution in [3.63, 3.8) is 0 Å². The fourth-order valence-electron chi connectivity index (χ4n) is 2.28. The van der Waals surface area contributed by atoms with Crippen molar-refractivity contribution < 1.29 is 0 Å². The van der Waals surface area contributed by atoms with E-state index in [0.717, 1.165) is 25.1 Å². The maximum absolute atomic E-state index is 4.03. The normalized spacial score (nSPS) is 11.1. The predicted molar refractivity (Wildman–Crippen MR) is 85.2 cm³/mol. The molecule has 2 rings (SSSR count). The monoisotopic (exact) mass is 272 g/mol. The third-order valence-electron chi connectivity index (χ3n) is 3.59. The standard InChI is InChI=1S/C16H24N4/c1-5-13-6-7-14(15-11-17-18-12-15)10-16(13)20(4)9-8-19(2)3/h6-7,10-12H,5,8-9H2,1-4H3,(H,17,18). The van der Waals surface area contributed by atoms with Crippen LogP contribution in [0.25, 0.3) is 11.1 Å². The van der Waals surface area contributed by atoms with Gasteiger partial charge in [0.15, 0.2) is 0 Å². The van der Waals surface area contributed by atoms with E-state index in [0.29, 0.717) is 0 Å². The molecule has 0 amide bonds. The maximum Gasteiger partial charge on any atom is 0.0565 e. The lowest BCUT2D eigenvalue weighted by Gasteiger charge is -2.24. The first kappa shape index (κ1) is 14.6. The number of aromatic amines is 1. The van der Waals surface area contributed by atoms with Gasteiger partial charge in [-0.05, 0) is 37.7 Å². The Kier molecular flexibility index (Phi) is 4.79. The van der Waals surface area contributed by atoms with E-state index in [9.17, 15) is 0 Å². The lowest BCUT2D eigenvalue weighted by atomic mass is 10.0. The molecule has 4 nitrogen and oxygen atoms in total. The molecule has 0 radical (unpaired) electrons. The van der Waals surface area contributed by atoms with Crippen LogP contribution in [0.5, 0.6) is 0 Å². The van der Waals surface area contributed by atoms with Crippen molar-refractivity contribution in [1.82, 2.24) is 15.1 Å². The first-order valence-corrected chi connectivity index (χ1v) is 7.09. The molecule has 0 bridgehead atoms. The molecule has 0 saturated carbocycles. The number of hydrogen-bond donors (Lipinski definition) is 1. The van der Waals surface area contributed by atoms with Crippen molar-refractivity contribution in [3.05, 3.63) is 36.2 Å². The van der Waals surface area contributed by atoms with E-state index in [2.05, 4.69) is 66.3 Å². The minimum absolute atomic E-state index is 1.02. The van der Waals surface area contributed by atoms with E-state index < -0.39 is 0 Å². The molecule has 1 N–H and O–H groups in total. The summed E-state index contributed by atoms with van der Waals surface area (Å²) in [6.07, 6.45) is 4.85. The van der Waals surface area contributed by atoms with Crippen LogP contribution in [0.3, 0.4) is 0 Å². The summed E-state index contributed by atoms with van der Waals surface area (Å²) in [5.74, 6) is 0. The zero-order valence-electron chi connectivity index (χ0n) is 12.8. The third-order valence-corrected chi connectivity index (χ3v) is 3.59. The Hall–Kier alpha value is -1.81. The van der Waals surface area contributed by atoms with Gasteiger partial charge in [-0.15, -0.1) is 0 Å². The highest BCUT2D eigenvalue weighted by atomic mass is 15.2. The van der Waals surface area contributed by atoms with Gasteiger partial charge in [0.05, 0.1) is 6.20 Å². The molecule has 0 aliphatic carbocycles. The molecule has 108 valence electrons. The van der Waals surface area contributed by atoms with Crippen LogP contribution in [0, 0.1) is 0 Å². The molecule has 0 saturated heterocycles. The second kappa shape index (κ2) is 6.57. The number of anilines is 1. The number of H-pyrrole nitrogens is 1. The largest absolute Gasteiger partial charge is 0.373 e. The lowest BCUT2D eigenvalue weighted by molar-refractivity contribution is 0.416. The summed E-state index contributed by atoms with van der Waals surface area (Å²) in [5.41, 5.74) is 5.05. The van der Waals surface area contributed by atoms with Crippen LogP contribution in [0.4, 0.5) is 5.69 Å². The van der Waals surface area contributed by atoms with Gasteiger partial charge in [0.25, 0.3) is 0 Å². The molecule has 0 fully saturated rings. The summed E-state index contributed by atoms with van der Waals surface area (Å²) in [6, 6.07) is 6.66. The smallest absolute Gasteiger partial charge is 0.0565 e. The lowest BCUT2D eigenvalue weighted by Crippen LogP contribution is -2.29. The summed E-state index contributed by atoms with van der Waals surface area (Å²) < 4.78 is 0. The van der Waals surface area contributed by atoms with Gasteiger partial charge in [-0.3, -0.25) is 5.10 Å². The van der Waals surface area contributed by atoms with Crippen molar-refractivity contribution in [2.45, 2.75) is 13.3 Å². The summed E-state index contributed by atoms with van der Waals surface area (Å²) in [4.78, 5) is 4.55. The zero-order valence-corrected chi connectivity index (χ0v) is 12.8. The van der Waals surface area contributed by atoms with Crippen LogP contribution < -0.4 is 4.90 Å². The third kappa shape index (κ3) is 3.39. The Bertz CT molecular complexity index is 531. The van der Waals surface area contributed by atoms with Gasteiger partial charge < -0.3 is 9.80 Å². The van der Waals surface area contributed by atoms with Gasteiger partial charge in [0.2, 0.25) is 0 Å². The number of benzene rings is 1. The fourth-order valence-corrected chi connectivity index (χ4v) is 2.28. The quantitative estimate of drug-likeness (QED) is 0.878. The molecule has 1 aromatic heterocycles. The molecular formula is C16H24N4. The highest BCUT2D eigenvalue weighted by Gasteiger charge is 2.09. The van der Waals surface area contributed by atoms with E-state index in [4.69, 9.17) is 0 Å². The summed E-state index contributed by atoms with van der Waals surface area (Å²) in [6.45, 7) is 4.28. The molecule has 1 aromatic carbocycles. The molecule has 0 unspecified atom stereocenters. The highest BCUT2D eigenvalue weighted by molar-refractivity contribution is 5.69. The van der Waals surface area contributed by atoms with Crippen molar-refractivity contribution in [2.75, 3.05) is 39.1 Å². The second-order valence-corrected chi connectivity index (χ2v) is 5.41. The van der Waals surface area contributed by atoms with Gasteiger partial charge in [-0.2, -0.15) is 5.10 Å². The van der Waals surface area contributed by atoms with E-state index in [1.165, 1.54) is 16.8 Å². The van der Waals surface area contributed by atoms with Crippen LogP contribution in [0.15, 0.2) is 30.6 Å². The Morgan fingerprint density at radius 2 is 1.90 bits per heavy atom. The van der Waals surface area contributed by atoms with Crippen molar-refractivity contribution in [3.8, 4) is 11.1 Å². The van der Waals surface area contributed by atoms with Gasteiger partial charge >= 0.3 is 0 Å². The van der Waals surface area contributed by atoms with Crippen LogP contribution in [-0.2, 0) is 6.42 Å². The molecule has 1 heterocycles. The van der Waals surface area contributed by atoms with Crippen molar-refractivity contribution >= 4 is 5.69 Å². The SMILES string of the molecule is CCc1ccc(-c2cn[nH]c2)cc1N(C)CCN(C)C. The Morgan fingerprint density at radius 3 is 2.50 bits per heavy atom. The first-order valence-electron chi connectivity index (χ1n) is 7.09. The van der Waals surface area contributed by atoms with Gasteiger partial charge in [0, 0.05) is 37.6 Å². The molecule has 20 heavy (non-hydrogen) atoms.